The fourth-order valence-corrected chi connectivity index (χ4v) is 3.61. The molecule has 0 aromatic heterocycles. The zero-order valence-corrected chi connectivity index (χ0v) is 15.0. The number of rotatable bonds is 3. The molecule has 2 aromatic rings. The number of alkyl halides is 3. The van der Waals surface area contributed by atoms with E-state index in [1.807, 2.05) is 5.32 Å². The van der Waals surface area contributed by atoms with Crippen LogP contribution in [0.3, 0.4) is 0 Å². The van der Waals surface area contributed by atoms with Gasteiger partial charge in [-0.2, -0.15) is 13.2 Å². The van der Waals surface area contributed by atoms with Gasteiger partial charge in [0.1, 0.15) is 11.7 Å². The Morgan fingerprint density at radius 3 is 2.43 bits per heavy atom. The highest BCUT2D eigenvalue weighted by Crippen LogP contribution is 2.44. The van der Waals surface area contributed by atoms with Gasteiger partial charge >= 0.3 is 12.2 Å². The standard InChI is InChI=1S/C19H14F4N2O5/c20-11-4-2-10(3-5-11)18(28)14(16(26)19(21,22)23)15(24-17(27)25-18)9-1-6-12-13(7-9)30-8-29-12/h1-7,14-15,28H,8H2,(H2,24,25,27)/t14-,15+,18+/m0/s1. The fourth-order valence-electron chi connectivity index (χ4n) is 3.61. The number of aliphatic hydroxyl groups is 1. The van der Waals surface area contributed by atoms with E-state index in [4.69, 9.17) is 9.47 Å². The summed E-state index contributed by atoms with van der Waals surface area (Å²) in [6, 6.07) is 5.28. The second-order valence-corrected chi connectivity index (χ2v) is 6.80. The Hall–Kier alpha value is -3.34. The Morgan fingerprint density at radius 2 is 1.77 bits per heavy atom. The normalized spacial score (nSPS) is 25.4. The molecule has 2 amide bonds. The van der Waals surface area contributed by atoms with Gasteiger partial charge in [-0.25, -0.2) is 9.18 Å². The van der Waals surface area contributed by atoms with Crippen molar-refractivity contribution in [1.82, 2.24) is 10.6 Å². The van der Waals surface area contributed by atoms with Crippen LogP contribution in [0.25, 0.3) is 0 Å². The summed E-state index contributed by atoms with van der Waals surface area (Å²) in [7, 11) is 0. The molecular formula is C19H14F4N2O5. The Balaban J connectivity index is 1.86. The summed E-state index contributed by atoms with van der Waals surface area (Å²) in [6.45, 7) is -0.0954. The zero-order valence-electron chi connectivity index (χ0n) is 15.0. The molecule has 0 unspecified atom stereocenters. The quantitative estimate of drug-likeness (QED) is 0.656. The van der Waals surface area contributed by atoms with Crippen molar-refractivity contribution in [3.63, 3.8) is 0 Å². The van der Waals surface area contributed by atoms with Gasteiger partial charge in [-0.15, -0.1) is 0 Å². The molecule has 1 fully saturated rings. The first kappa shape index (κ1) is 20.0. The first-order valence-corrected chi connectivity index (χ1v) is 8.67. The number of hydrogen-bond acceptors (Lipinski definition) is 5. The molecule has 3 N–H and O–H groups in total. The molecule has 158 valence electrons. The maximum absolute atomic E-state index is 13.5. The van der Waals surface area contributed by atoms with Crippen LogP contribution in [0.2, 0.25) is 0 Å². The minimum Gasteiger partial charge on any atom is -0.454 e. The molecule has 2 heterocycles. The Labute approximate surface area is 166 Å². The highest BCUT2D eigenvalue weighted by molar-refractivity contribution is 5.91. The van der Waals surface area contributed by atoms with Crippen molar-refractivity contribution in [1.29, 1.82) is 0 Å². The lowest BCUT2D eigenvalue weighted by molar-refractivity contribution is -0.190. The number of Topliss-reactive ketones (excluding diaryl/α,β-unsaturated/α-hetero) is 1. The van der Waals surface area contributed by atoms with Crippen LogP contribution in [0.15, 0.2) is 42.5 Å². The van der Waals surface area contributed by atoms with Crippen LogP contribution in [0, 0.1) is 11.7 Å². The predicted octanol–water partition coefficient (Wildman–Crippen LogP) is 2.50. The van der Waals surface area contributed by atoms with E-state index in [9.17, 15) is 32.3 Å². The molecule has 0 radical (unpaired) electrons. The van der Waals surface area contributed by atoms with Crippen LogP contribution >= 0.6 is 0 Å². The van der Waals surface area contributed by atoms with Crippen molar-refractivity contribution in [3.8, 4) is 11.5 Å². The summed E-state index contributed by atoms with van der Waals surface area (Å²) in [5.41, 5.74) is -2.96. The van der Waals surface area contributed by atoms with E-state index >= 15 is 0 Å². The van der Waals surface area contributed by atoms with E-state index in [2.05, 4.69) is 5.32 Å². The molecule has 2 aliphatic rings. The maximum Gasteiger partial charge on any atom is 0.450 e. The average Bonchev–Trinajstić information content (AvgIpc) is 3.14. The summed E-state index contributed by atoms with van der Waals surface area (Å²) in [6.07, 6.45) is -5.32. The number of hydrogen-bond donors (Lipinski definition) is 3. The van der Waals surface area contributed by atoms with Crippen molar-refractivity contribution in [3.05, 3.63) is 59.4 Å². The lowest BCUT2D eigenvalue weighted by Crippen LogP contribution is -2.66. The molecule has 0 bridgehead atoms. The van der Waals surface area contributed by atoms with Crippen molar-refractivity contribution in [2.45, 2.75) is 17.9 Å². The lowest BCUT2D eigenvalue weighted by Gasteiger charge is -2.45. The molecule has 2 aromatic carbocycles. The summed E-state index contributed by atoms with van der Waals surface area (Å²) < 4.78 is 64.1. The van der Waals surface area contributed by atoms with E-state index in [0.29, 0.717) is 5.75 Å². The van der Waals surface area contributed by atoms with Gasteiger partial charge in [0.15, 0.2) is 17.2 Å². The number of nitrogens with one attached hydrogen (secondary N) is 2. The molecule has 0 aliphatic carbocycles. The topological polar surface area (TPSA) is 96.9 Å². The van der Waals surface area contributed by atoms with E-state index in [1.165, 1.54) is 18.2 Å². The number of amides is 2. The van der Waals surface area contributed by atoms with E-state index in [-0.39, 0.29) is 23.7 Å². The molecule has 3 atom stereocenters. The van der Waals surface area contributed by atoms with Gasteiger partial charge in [0.25, 0.3) is 0 Å². The molecule has 0 saturated carbocycles. The first-order chi connectivity index (χ1) is 14.1. The van der Waals surface area contributed by atoms with Gasteiger partial charge < -0.3 is 25.2 Å². The van der Waals surface area contributed by atoms with Crippen LogP contribution in [0.4, 0.5) is 22.4 Å². The minimum absolute atomic E-state index is 0.0808. The van der Waals surface area contributed by atoms with Gasteiger partial charge in [0.05, 0.1) is 6.04 Å². The van der Waals surface area contributed by atoms with Gasteiger partial charge in [0.2, 0.25) is 12.6 Å². The Bertz CT molecular complexity index is 1010. The number of ketones is 1. The second kappa shape index (κ2) is 6.87. The molecule has 2 aliphatic heterocycles. The summed E-state index contributed by atoms with van der Waals surface area (Å²) >= 11 is 0. The third-order valence-corrected chi connectivity index (χ3v) is 4.98. The van der Waals surface area contributed by atoms with Crippen molar-refractivity contribution >= 4 is 11.8 Å². The fraction of sp³-hybridized carbons (Fsp3) is 0.263. The van der Waals surface area contributed by atoms with Gasteiger partial charge in [-0.1, -0.05) is 18.2 Å². The highest BCUT2D eigenvalue weighted by atomic mass is 19.4. The molecule has 7 nitrogen and oxygen atoms in total. The number of benzene rings is 2. The third kappa shape index (κ3) is 3.30. The van der Waals surface area contributed by atoms with Crippen LogP contribution in [-0.2, 0) is 10.5 Å². The highest BCUT2D eigenvalue weighted by Gasteiger charge is 2.59. The molecule has 4 rings (SSSR count). The van der Waals surface area contributed by atoms with E-state index in [0.717, 1.165) is 24.3 Å². The summed E-state index contributed by atoms with van der Waals surface area (Å²) in [4.78, 5) is 24.6. The Morgan fingerprint density at radius 1 is 1.10 bits per heavy atom. The molecule has 11 heteroatoms. The smallest absolute Gasteiger partial charge is 0.450 e. The zero-order chi connectivity index (χ0) is 21.7. The molecule has 30 heavy (non-hydrogen) atoms. The number of carbonyl (C=O) groups excluding carboxylic acids is 2. The average molecular weight is 426 g/mol. The second-order valence-electron chi connectivity index (χ2n) is 6.80. The summed E-state index contributed by atoms with van der Waals surface area (Å²) in [5.74, 6) is -4.66. The first-order valence-electron chi connectivity index (χ1n) is 8.67. The van der Waals surface area contributed by atoms with Gasteiger partial charge in [-0.3, -0.25) is 4.79 Å². The van der Waals surface area contributed by atoms with Crippen LogP contribution in [0.5, 0.6) is 11.5 Å². The molecule has 0 spiro atoms. The maximum atomic E-state index is 13.5. The van der Waals surface area contributed by atoms with E-state index < -0.39 is 41.5 Å². The number of carbonyl (C=O) groups is 2. The van der Waals surface area contributed by atoms with E-state index in [1.54, 1.807) is 0 Å². The van der Waals surface area contributed by atoms with Gasteiger partial charge in [-0.05, 0) is 29.8 Å². The minimum atomic E-state index is -5.32. The Kier molecular flexibility index (Phi) is 4.57. The van der Waals surface area contributed by atoms with Crippen molar-refractivity contribution in [2.24, 2.45) is 5.92 Å². The van der Waals surface area contributed by atoms with Crippen LogP contribution in [0.1, 0.15) is 17.2 Å². The lowest BCUT2D eigenvalue weighted by atomic mass is 9.76. The van der Waals surface area contributed by atoms with Crippen molar-refractivity contribution in [2.75, 3.05) is 6.79 Å². The molecule has 1 saturated heterocycles. The van der Waals surface area contributed by atoms with Crippen molar-refractivity contribution < 1.29 is 41.7 Å². The number of ether oxygens (including phenoxy) is 2. The number of urea groups is 1. The monoisotopic (exact) mass is 426 g/mol. The number of fused-ring (bicyclic) bond motifs is 1. The molecular weight excluding hydrogens is 412 g/mol. The predicted molar refractivity (Wildman–Crippen MR) is 91.8 cm³/mol. The third-order valence-electron chi connectivity index (χ3n) is 4.98. The van der Waals surface area contributed by atoms with Crippen LogP contribution < -0.4 is 20.1 Å². The van der Waals surface area contributed by atoms with Crippen LogP contribution in [-0.4, -0.2) is 29.9 Å². The SMILES string of the molecule is O=C1N[C@H](c2ccc3c(c2)OCO3)[C@@H](C(=O)C(F)(F)F)[C@](O)(c2ccc(F)cc2)N1. The van der Waals surface area contributed by atoms with Gasteiger partial charge in [0, 0.05) is 5.56 Å². The summed E-state index contributed by atoms with van der Waals surface area (Å²) in [5, 5.41) is 15.4. The largest absolute Gasteiger partial charge is 0.454 e. The number of halogens is 4.